The first-order chi connectivity index (χ1) is 17.1. The van der Waals surface area contributed by atoms with Gasteiger partial charge in [-0.2, -0.15) is 0 Å². The van der Waals surface area contributed by atoms with E-state index in [1.165, 1.54) is 11.8 Å². The van der Waals surface area contributed by atoms with Crippen molar-refractivity contribution in [3.05, 3.63) is 84.4 Å². The number of thioether (sulfide) groups is 1. The van der Waals surface area contributed by atoms with Gasteiger partial charge in [0.15, 0.2) is 5.17 Å². The van der Waals surface area contributed by atoms with Gasteiger partial charge in [0.05, 0.1) is 25.6 Å². The predicted molar refractivity (Wildman–Crippen MR) is 140 cm³/mol. The molecule has 7 nitrogen and oxygen atoms in total. The summed E-state index contributed by atoms with van der Waals surface area (Å²) in [7, 11) is 3.18. The molecular formula is C27H27N3O4S. The molecule has 8 heteroatoms. The van der Waals surface area contributed by atoms with Crippen LogP contribution in [0.3, 0.4) is 0 Å². The van der Waals surface area contributed by atoms with E-state index in [0.29, 0.717) is 29.6 Å². The SMILES string of the molecule is COc1ccc(CCN2C(=O)C(CC(=O)Nc3ccccc3OC)SC2=Nc2ccccc2)cc1. The molecule has 1 fully saturated rings. The van der Waals surface area contributed by atoms with Gasteiger partial charge in [0.2, 0.25) is 11.8 Å². The Morgan fingerprint density at radius 2 is 1.69 bits per heavy atom. The van der Waals surface area contributed by atoms with E-state index in [4.69, 9.17) is 14.5 Å². The van der Waals surface area contributed by atoms with Gasteiger partial charge in [-0.25, -0.2) is 4.99 Å². The molecule has 0 aliphatic carbocycles. The fourth-order valence-electron chi connectivity index (χ4n) is 3.69. The summed E-state index contributed by atoms with van der Waals surface area (Å²) in [5.74, 6) is 0.984. The molecule has 1 saturated heterocycles. The molecule has 180 valence electrons. The number of nitrogens with zero attached hydrogens (tertiary/aromatic N) is 2. The molecule has 4 rings (SSSR count). The second-order valence-corrected chi connectivity index (χ2v) is 9.05. The second kappa shape index (κ2) is 11.6. The first-order valence-electron chi connectivity index (χ1n) is 11.2. The number of amides is 2. The highest BCUT2D eigenvalue weighted by molar-refractivity contribution is 8.15. The van der Waals surface area contributed by atoms with E-state index in [1.54, 1.807) is 31.3 Å². The van der Waals surface area contributed by atoms with Crippen LogP contribution in [-0.4, -0.2) is 47.9 Å². The van der Waals surface area contributed by atoms with Crippen LogP contribution < -0.4 is 14.8 Å². The summed E-state index contributed by atoms with van der Waals surface area (Å²) in [6.45, 7) is 0.467. The van der Waals surface area contributed by atoms with Crippen LogP contribution in [0.5, 0.6) is 11.5 Å². The Morgan fingerprint density at radius 1 is 0.971 bits per heavy atom. The second-order valence-electron chi connectivity index (χ2n) is 7.88. The lowest BCUT2D eigenvalue weighted by molar-refractivity contribution is -0.128. The minimum absolute atomic E-state index is 0.0361. The summed E-state index contributed by atoms with van der Waals surface area (Å²) < 4.78 is 10.5. The number of carbonyl (C=O) groups excluding carboxylic acids is 2. The Hall–Kier alpha value is -3.78. The van der Waals surface area contributed by atoms with E-state index in [2.05, 4.69) is 5.32 Å². The smallest absolute Gasteiger partial charge is 0.242 e. The zero-order valence-corrected chi connectivity index (χ0v) is 20.5. The van der Waals surface area contributed by atoms with Crippen molar-refractivity contribution in [2.24, 2.45) is 4.99 Å². The highest BCUT2D eigenvalue weighted by Crippen LogP contribution is 2.32. The summed E-state index contributed by atoms with van der Waals surface area (Å²) in [4.78, 5) is 32.5. The molecule has 1 aliphatic heterocycles. The highest BCUT2D eigenvalue weighted by Gasteiger charge is 2.39. The molecule has 1 N–H and O–H groups in total. The van der Waals surface area contributed by atoms with E-state index in [9.17, 15) is 9.59 Å². The van der Waals surface area contributed by atoms with E-state index in [0.717, 1.165) is 17.0 Å². The molecule has 3 aromatic rings. The van der Waals surface area contributed by atoms with Crippen molar-refractivity contribution in [1.29, 1.82) is 0 Å². The normalized spacial score (nSPS) is 16.4. The lowest BCUT2D eigenvalue weighted by Gasteiger charge is -2.17. The summed E-state index contributed by atoms with van der Waals surface area (Å²) in [6.07, 6.45) is 0.693. The molecular weight excluding hydrogens is 462 g/mol. The molecule has 0 aromatic heterocycles. The molecule has 0 saturated carbocycles. The molecule has 1 atom stereocenters. The number of benzene rings is 3. The maximum Gasteiger partial charge on any atom is 0.242 e. The molecule has 0 bridgehead atoms. The molecule has 0 spiro atoms. The number of anilines is 1. The lowest BCUT2D eigenvalue weighted by Crippen LogP contribution is -2.35. The zero-order chi connectivity index (χ0) is 24.6. The Morgan fingerprint density at radius 3 is 2.40 bits per heavy atom. The first-order valence-corrected chi connectivity index (χ1v) is 12.1. The van der Waals surface area contributed by atoms with E-state index in [-0.39, 0.29) is 18.2 Å². The molecule has 0 radical (unpaired) electrons. The number of ether oxygens (including phenoxy) is 2. The van der Waals surface area contributed by atoms with Gasteiger partial charge in [0, 0.05) is 13.0 Å². The third kappa shape index (κ3) is 6.22. The van der Waals surface area contributed by atoms with Gasteiger partial charge in [0.1, 0.15) is 16.7 Å². The van der Waals surface area contributed by atoms with Crippen LogP contribution in [0.1, 0.15) is 12.0 Å². The number of amidine groups is 1. The van der Waals surface area contributed by atoms with Crippen molar-refractivity contribution in [2.75, 3.05) is 26.1 Å². The van der Waals surface area contributed by atoms with Gasteiger partial charge in [-0.1, -0.05) is 54.2 Å². The first kappa shape index (κ1) is 24.3. The number of methoxy groups -OCH3 is 2. The number of rotatable bonds is 9. The summed E-state index contributed by atoms with van der Waals surface area (Å²) in [5, 5.41) is 2.91. The number of aliphatic imine (C=N–C) groups is 1. The Labute approximate surface area is 209 Å². The molecule has 3 aromatic carbocycles. The van der Waals surface area contributed by atoms with Crippen LogP contribution in [0.15, 0.2) is 83.9 Å². The quantitative estimate of drug-likeness (QED) is 0.462. The van der Waals surface area contributed by atoms with E-state index >= 15 is 0 Å². The molecule has 2 amide bonds. The van der Waals surface area contributed by atoms with Gasteiger partial charge >= 0.3 is 0 Å². The topological polar surface area (TPSA) is 80.2 Å². The summed E-state index contributed by atoms with van der Waals surface area (Å²) >= 11 is 1.33. The fourth-order valence-corrected chi connectivity index (χ4v) is 4.88. The van der Waals surface area contributed by atoms with Crippen molar-refractivity contribution in [1.82, 2.24) is 4.90 Å². The van der Waals surface area contributed by atoms with Gasteiger partial charge in [0.25, 0.3) is 0 Å². The number of hydrogen-bond donors (Lipinski definition) is 1. The molecule has 1 aliphatic rings. The van der Waals surface area contributed by atoms with Crippen molar-refractivity contribution in [2.45, 2.75) is 18.1 Å². The highest BCUT2D eigenvalue weighted by atomic mass is 32.2. The number of carbonyl (C=O) groups is 2. The van der Waals surface area contributed by atoms with Crippen LogP contribution in [-0.2, 0) is 16.0 Å². The van der Waals surface area contributed by atoms with Crippen molar-refractivity contribution < 1.29 is 19.1 Å². The molecule has 1 heterocycles. The monoisotopic (exact) mass is 489 g/mol. The van der Waals surface area contributed by atoms with Crippen molar-refractivity contribution >= 4 is 40.1 Å². The molecule has 1 unspecified atom stereocenters. The van der Waals surface area contributed by atoms with Crippen LogP contribution in [0, 0.1) is 0 Å². The van der Waals surface area contributed by atoms with Crippen molar-refractivity contribution in [3.63, 3.8) is 0 Å². The fraction of sp³-hybridized carbons (Fsp3) is 0.222. The predicted octanol–water partition coefficient (Wildman–Crippen LogP) is 4.91. The summed E-state index contributed by atoms with van der Waals surface area (Å²) in [6, 6.07) is 24.5. The minimum atomic E-state index is -0.553. The van der Waals surface area contributed by atoms with Crippen LogP contribution in [0.4, 0.5) is 11.4 Å². The minimum Gasteiger partial charge on any atom is -0.497 e. The van der Waals surface area contributed by atoms with Gasteiger partial charge in [-0.3, -0.25) is 14.5 Å². The largest absolute Gasteiger partial charge is 0.497 e. The maximum absolute atomic E-state index is 13.3. The van der Waals surface area contributed by atoms with Gasteiger partial charge in [-0.15, -0.1) is 0 Å². The average Bonchev–Trinajstić information content (AvgIpc) is 3.17. The number of para-hydroxylation sites is 3. The van der Waals surface area contributed by atoms with Crippen LogP contribution in [0.25, 0.3) is 0 Å². The Balaban J connectivity index is 1.49. The van der Waals surface area contributed by atoms with Gasteiger partial charge in [-0.05, 0) is 48.4 Å². The molecule has 35 heavy (non-hydrogen) atoms. The third-order valence-electron chi connectivity index (χ3n) is 5.54. The van der Waals surface area contributed by atoms with Crippen molar-refractivity contribution in [3.8, 4) is 11.5 Å². The van der Waals surface area contributed by atoms with E-state index in [1.807, 2.05) is 66.7 Å². The van der Waals surface area contributed by atoms with Gasteiger partial charge < -0.3 is 14.8 Å². The Bertz CT molecular complexity index is 1200. The third-order valence-corrected chi connectivity index (χ3v) is 6.71. The Kier molecular flexibility index (Phi) is 8.05. The standard InChI is InChI=1S/C27H27N3O4S/c1-33-21-14-12-19(13-15-21)16-17-30-26(32)24(35-27(30)28-20-8-4-3-5-9-20)18-25(31)29-22-10-6-7-11-23(22)34-2/h3-15,24H,16-18H2,1-2H3,(H,29,31). The lowest BCUT2D eigenvalue weighted by atomic mass is 10.1. The number of hydrogen-bond acceptors (Lipinski definition) is 6. The zero-order valence-electron chi connectivity index (χ0n) is 19.6. The van der Waals surface area contributed by atoms with E-state index < -0.39 is 5.25 Å². The van der Waals surface area contributed by atoms with Crippen LogP contribution >= 0.6 is 11.8 Å². The number of nitrogens with one attached hydrogen (secondary N) is 1. The van der Waals surface area contributed by atoms with Crippen LogP contribution in [0.2, 0.25) is 0 Å². The average molecular weight is 490 g/mol. The summed E-state index contributed by atoms with van der Waals surface area (Å²) in [5.41, 5.74) is 2.42. The maximum atomic E-state index is 13.3.